The maximum absolute atomic E-state index is 12.6. The third-order valence-corrected chi connectivity index (χ3v) is 6.24. The zero-order valence-corrected chi connectivity index (χ0v) is 18.3. The Kier molecular flexibility index (Phi) is 6.50. The summed E-state index contributed by atoms with van der Waals surface area (Å²) in [6, 6.07) is 8.00. The van der Waals surface area contributed by atoms with Gasteiger partial charge in [0.05, 0.1) is 16.3 Å². The molecule has 2 aromatic heterocycles. The monoisotopic (exact) mass is 461 g/mol. The van der Waals surface area contributed by atoms with Gasteiger partial charge in [-0.25, -0.2) is 4.98 Å². The number of amides is 1. The standard InChI is InChI=1S/C22H22F3N5OS/c1-14-6-7-15(21-29-28-18-5-3-2-4-10-30(18)21)11-17(14)27-19(31)13-32-20-9-8-16(12-26-20)22(23,24)25/h6-9,11-12H,2-5,10,13H2,1H3,(H,27,31). The molecule has 0 aliphatic carbocycles. The van der Waals surface area contributed by atoms with Crippen molar-refractivity contribution in [3.63, 3.8) is 0 Å². The fourth-order valence-electron chi connectivity index (χ4n) is 3.55. The lowest BCUT2D eigenvalue weighted by Crippen LogP contribution is -2.15. The van der Waals surface area contributed by atoms with Gasteiger partial charge in [0.2, 0.25) is 5.91 Å². The molecule has 0 radical (unpaired) electrons. The van der Waals surface area contributed by atoms with Crippen LogP contribution in [0.5, 0.6) is 0 Å². The zero-order chi connectivity index (χ0) is 22.7. The smallest absolute Gasteiger partial charge is 0.325 e. The normalized spacial score (nSPS) is 14.0. The molecule has 1 amide bonds. The Hall–Kier alpha value is -2.88. The van der Waals surface area contributed by atoms with Gasteiger partial charge in [-0.1, -0.05) is 30.3 Å². The summed E-state index contributed by atoms with van der Waals surface area (Å²) in [5.74, 6) is 1.55. The highest BCUT2D eigenvalue weighted by molar-refractivity contribution is 7.99. The fourth-order valence-corrected chi connectivity index (χ4v) is 4.20. The van der Waals surface area contributed by atoms with E-state index in [9.17, 15) is 18.0 Å². The highest BCUT2D eigenvalue weighted by Crippen LogP contribution is 2.30. The van der Waals surface area contributed by atoms with Crippen LogP contribution < -0.4 is 5.32 Å². The Balaban J connectivity index is 1.43. The Labute approximate surface area is 187 Å². The number of benzene rings is 1. The van der Waals surface area contributed by atoms with Crippen molar-refractivity contribution in [2.75, 3.05) is 11.1 Å². The minimum Gasteiger partial charge on any atom is -0.325 e. The van der Waals surface area contributed by atoms with Gasteiger partial charge in [-0.15, -0.1) is 10.2 Å². The number of halogens is 3. The van der Waals surface area contributed by atoms with E-state index in [0.29, 0.717) is 10.7 Å². The van der Waals surface area contributed by atoms with Crippen LogP contribution in [-0.4, -0.2) is 31.4 Å². The van der Waals surface area contributed by atoms with Gasteiger partial charge in [0.25, 0.3) is 0 Å². The van der Waals surface area contributed by atoms with Gasteiger partial charge in [0.1, 0.15) is 5.82 Å². The van der Waals surface area contributed by atoms with E-state index >= 15 is 0 Å². The summed E-state index contributed by atoms with van der Waals surface area (Å²) in [5.41, 5.74) is 1.63. The Morgan fingerprint density at radius 1 is 1.16 bits per heavy atom. The average molecular weight is 462 g/mol. The molecule has 0 saturated carbocycles. The van der Waals surface area contributed by atoms with Gasteiger partial charge in [-0.3, -0.25) is 4.79 Å². The van der Waals surface area contributed by atoms with Crippen LogP contribution >= 0.6 is 11.8 Å². The van der Waals surface area contributed by atoms with Crippen LogP contribution in [0, 0.1) is 6.92 Å². The quantitative estimate of drug-likeness (QED) is 0.534. The number of pyridine rings is 1. The number of nitrogens with one attached hydrogen (secondary N) is 1. The van der Waals surface area contributed by atoms with Crippen LogP contribution in [0.2, 0.25) is 0 Å². The molecule has 0 spiro atoms. The first kappa shape index (κ1) is 22.3. The highest BCUT2D eigenvalue weighted by atomic mass is 32.2. The number of fused-ring (bicyclic) bond motifs is 1. The number of aromatic nitrogens is 4. The number of alkyl halides is 3. The molecule has 10 heteroatoms. The van der Waals surface area contributed by atoms with Crippen molar-refractivity contribution in [2.24, 2.45) is 0 Å². The molecule has 0 unspecified atom stereocenters. The summed E-state index contributed by atoms with van der Waals surface area (Å²) in [6.45, 7) is 2.78. The third-order valence-electron chi connectivity index (χ3n) is 5.29. The fraction of sp³-hybridized carbons (Fsp3) is 0.364. The van der Waals surface area contributed by atoms with Crippen molar-refractivity contribution in [3.05, 3.63) is 53.5 Å². The Morgan fingerprint density at radius 3 is 2.75 bits per heavy atom. The van der Waals surface area contributed by atoms with Gasteiger partial charge >= 0.3 is 6.18 Å². The number of thioether (sulfide) groups is 1. The van der Waals surface area contributed by atoms with Crippen LogP contribution in [-0.2, 0) is 23.9 Å². The van der Waals surface area contributed by atoms with Gasteiger partial charge in [0, 0.05) is 30.4 Å². The minimum absolute atomic E-state index is 0.0301. The van der Waals surface area contributed by atoms with E-state index in [1.165, 1.54) is 12.5 Å². The number of nitrogens with zero attached hydrogens (tertiary/aromatic N) is 4. The second-order valence-electron chi connectivity index (χ2n) is 7.65. The molecule has 3 heterocycles. The molecule has 3 aromatic rings. The number of aryl methyl sites for hydroxylation is 2. The van der Waals surface area contributed by atoms with Crippen LogP contribution in [0.3, 0.4) is 0 Å². The number of carbonyl (C=O) groups is 1. The summed E-state index contributed by atoms with van der Waals surface area (Å²) in [7, 11) is 0. The number of hydrogen-bond donors (Lipinski definition) is 1. The second-order valence-corrected chi connectivity index (χ2v) is 8.65. The molecule has 1 aromatic carbocycles. The summed E-state index contributed by atoms with van der Waals surface area (Å²) >= 11 is 1.08. The van der Waals surface area contributed by atoms with Crippen LogP contribution in [0.25, 0.3) is 11.4 Å². The molecule has 0 bridgehead atoms. The van der Waals surface area contributed by atoms with E-state index in [2.05, 4.69) is 25.1 Å². The second kappa shape index (κ2) is 9.32. The molecule has 32 heavy (non-hydrogen) atoms. The lowest BCUT2D eigenvalue weighted by Gasteiger charge is -2.12. The first-order valence-corrected chi connectivity index (χ1v) is 11.3. The SMILES string of the molecule is Cc1ccc(-c2nnc3n2CCCCC3)cc1NC(=O)CSc1ccc(C(F)(F)F)cn1. The van der Waals surface area contributed by atoms with Crippen LogP contribution in [0.15, 0.2) is 41.6 Å². The summed E-state index contributed by atoms with van der Waals surface area (Å²) in [5, 5.41) is 11.9. The maximum Gasteiger partial charge on any atom is 0.417 e. The highest BCUT2D eigenvalue weighted by Gasteiger charge is 2.30. The predicted molar refractivity (Wildman–Crippen MR) is 116 cm³/mol. The van der Waals surface area contributed by atoms with Crippen molar-refractivity contribution in [1.29, 1.82) is 0 Å². The molecule has 1 aliphatic heterocycles. The number of anilines is 1. The molecule has 1 aliphatic rings. The molecule has 4 rings (SSSR count). The molecule has 0 atom stereocenters. The summed E-state index contributed by atoms with van der Waals surface area (Å²) in [4.78, 5) is 16.3. The lowest BCUT2D eigenvalue weighted by atomic mass is 10.1. The average Bonchev–Trinajstić information content (AvgIpc) is 3.01. The minimum atomic E-state index is -4.43. The van der Waals surface area contributed by atoms with Gasteiger partial charge < -0.3 is 9.88 Å². The number of carbonyl (C=O) groups excluding carboxylic acids is 1. The summed E-state index contributed by atoms with van der Waals surface area (Å²) in [6.07, 6.45) is 0.622. The van der Waals surface area contributed by atoms with Gasteiger partial charge in [-0.05, 0) is 43.5 Å². The topological polar surface area (TPSA) is 72.7 Å². The zero-order valence-electron chi connectivity index (χ0n) is 17.4. The summed E-state index contributed by atoms with van der Waals surface area (Å²) < 4.78 is 40.1. The first-order valence-electron chi connectivity index (χ1n) is 10.3. The van der Waals surface area contributed by atoms with Gasteiger partial charge in [-0.2, -0.15) is 13.2 Å². The van der Waals surface area contributed by atoms with Crippen LogP contribution in [0.4, 0.5) is 18.9 Å². The van der Waals surface area contributed by atoms with E-state index in [1.54, 1.807) is 0 Å². The Bertz CT molecular complexity index is 1110. The van der Waals surface area contributed by atoms with E-state index in [-0.39, 0.29) is 11.7 Å². The Morgan fingerprint density at radius 2 is 2.00 bits per heavy atom. The molecule has 168 valence electrons. The largest absolute Gasteiger partial charge is 0.417 e. The molecular weight excluding hydrogens is 439 g/mol. The van der Waals surface area contributed by atoms with Crippen molar-refractivity contribution in [2.45, 2.75) is 50.4 Å². The molecule has 6 nitrogen and oxygen atoms in total. The molecular formula is C22H22F3N5OS. The van der Waals surface area contributed by atoms with E-state index in [0.717, 1.165) is 72.6 Å². The van der Waals surface area contributed by atoms with Crippen molar-refractivity contribution in [3.8, 4) is 11.4 Å². The number of rotatable bonds is 5. The van der Waals surface area contributed by atoms with E-state index in [4.69, 9.17) is 0 Å². The third kappa shape index (κ3) is 5.12. The maximum atomic E-state index is 12.6. The molecule has 0 fully saturated rings. The number of hydrogen-bond acceptors (Lipinski definition) is 5. The van der Waals surface area contributed by atoms with Gasteiger partial charge in [0.15, 0.2) is 5.82 Å². The van der Waals surface area contributed by atoms with Crippen molar-refractivity contribution >= 4 is 23.4 Å². The molecule has 1 N–H and O–H groups in total. The van der Waals surface area contributed by atoms with Crippen LogP contribution in [0.1, 0.15) is 36.2 Å². The van der Waals surface area contributed by atoms with Crippen molar-refractivity contribution < 1.29 is 18.0 Å². The van der Waals surface area contributed by atoms with E-state index in [1.807, 2.05) is 25.1 Å². The van der Waals surface area contributed by atoms with Crippen molar-refractivity contribution in [1.82, 2.24) is 19.7 Å². The van der Waals surface area contributed by atoms with E-state index < -0.39 is 11.7 Å². The first-order chi connectivity index (χ1) is 15.3. The molecule has 0 saturated heterocycles. The predicted octanol–water partition coefficient (Wildman–Crippen LogP) is 5.12. The lowest BCUT2D eigenvalue weighted by molar-refractivity contribution is -0.137.